The van der Waals surface area contributed by atoms with Crippen LogP contribution in [0.4, 0.5) is 5.69 Å². The number of halogens is 1. The van der Waals surface area contributed by atoms with Crippen LogP contribution < -0.4 is 5.32 Å². The van der Waals surface area contributed by atoms with Crippen LogP contribution in [0, 0.1) is 11.3 Å². The maximum Gasteiger partial charge on any atom is 0.291 e. The molecule has 1 amide bonds. The number of carbonyl (C=O) groups excluding carboxylic acids is 1. The first-order valence-corrected chi connectivity index (χ1v) is 6.01. The normalized spacial score (nSPS) is 9.78. The molecular formula is C13H9BrN2O2. The second-order valence-electron chi connectivity index (χ2n) is 3.59. The van der Waals surface area contributed by atoms with E-state index in [0.717, 1.165) is 5.56 Å². The molecule has 0 saturated carbocycles. The molecule has 0 aliphatic heterocycles. The topological polar surface area (TPSA) is 66.0 Å². The molecule has 0 radical (unpaired) electrons. The van der Waals surface area contributed by atoms with Crippen molar-refractivity contribution >= 4 is 27.5 Å². The van der Waals surface area contributed by atoms with Crippen LogP contribution in [-0.2, 0) is 6.42 Å². The number of benzene rings is 1. The van der Waals surface area contributed by atoms with Gasteiger partial charge in [0.1, 0.15) is 0 Å². The van der Waals surface area contributed by atoms with Gasteiger partial charge in [0.25, 0.3) is 5.91 Å². The predicted molar refractivity (Wildman–Crippen MR) is 70.1 cm³/mol. The third-order valence-corrected chi connectivity index (χ3v) is 2.72. The van der Waals surface area contributed by atoms with Gasteiger partial charge in [0.2, 0.25) is 0 Å². The molecule has 1 aromatic heterocycles. The van der Waals surface area contributed by atoms with Crippen LogP contribution in [0.3, 0.4) is 0 Å². The summed E-state index contributed by atoms with van der Waals surface area (Å²) in [5, 5.41) is 11.3. The Bertz CT molecular complexity index is 596. The van der Waals surface area contributed by atoms with Crippen molar-refractivity contribution in [1.82, 2.24) is 0 Å². The van der Waals surface area contributed by atoms with Gasteiger partial charge in [-0.3, -0.25) is 4.79 Å². The number of nitrogens with zero attached hydrogens (tertiary/aromatic N) is 1. The van der Waals surface area contributed by atoms with Gasteiger partial charge < -0.3 is 9.73 Å². The molecule has 0 unspecified atom stereocenters. The van der Waals surface area contributed by atoms with Gasteiger partial charge in [0, 0.05) is 5.69 Å². The third-order valence-electron chi connectivity index (χ3n) is 2.29. The van der Waals surface area contributed by atoms with Gasteiger partial charge in [-0.15, -0.1) is 0 Å². The Morgan fingerprint density at radius 1 is 1.28 bits per heavy atom. The Labute approximate surface area is 112 Å². The smallest absolute Gasteiger partial charge is 0.291 e. The lowest BCUT2D eigenvalue weighted by Crippen LogP contribution is -2.10. The van der Waals surface area contributed by atoms with Gasteiger partial charge in [-0.05, 0) is 45.8 Å². The van der Waals surface area contributed by atoms with Crippen molar-refractivity contribution in [2.24, 2.45) is 0 Å². The largest absolute Gasteiger partial charge is 0.444 e. The van der Waals surface area contributed by atoms with Crippen molar-refractivity contribution in [2.45, 2.75) is 6.42 Å². The van der Waals surface area contributed by atoms with Gasteiger partial charge in [0.05, 0.1) is 12.5 Å². The van der Waals surface area contributed by atoms with Gasteiger partial charge in [0.15, 0.2) is 10.4 Å². The number of furan rings is 1. The molecule has 18 heavy (non-hydrogen) atoms. The molecule has 0 spiro atoms. The molecule has 0 aliphatic rings. The fourth-order valence-corrected chi connectivity index (χ4v) is 1.73. The van der Waals surface area contributed by atoms with Crippen LogP contribution in [0.2, 0.25) is 0 Å². The second kappa shape index (κ2) is 5.52. The Morgan fingerprint density at radius 3 is 2.56 bits per heavy atom. The number of hydrogen-bond donors (Lipinski definition) is 1. The monoisotopic (exact) mass is 304 g/mol. The van der Waals surface area contributed by atoms with E-state index in [0.29, 0.717) is 16.8 Å². The fraction of sp³-hybridized carbons (Fsp3) is 0.0769. The standard InChI is InChI=1S/C13H9BrN2O2/c14-12-6-5-11(18-12)13(17)16-10-3-1-9(2-4-10)7-8-15/h1-6H,7H2,(H,16,17). The molecule has 1 heterocycles. The Balaban J connectivity index is 2.05. The van der Waals surface area contributed by atoms with E-state index >= 15 is 0 Å². The molecular weight excluding hydrogens is 296 g/mol. The minimum absolute atomic E-state index is 0.239. The lowest BCUT2D eigenvalue weighted by Gasteiger charge is -2.03. The van der Waals surface area contributed by atoms with Crippen LogP contribution in [0.1, 0.15) is 16.1 Å². The van der Waals surface area contributed by atoms with Crippen LogP contribution in [-0.4, -0.2) is 5.91 Å². The van der Waals surface area contributed by atoms with Crippen molar-refractivity contribution in [1.29, 1.82) is 5.26 Å². The van der Waals surface area contributed by atoms with E-state index in [9.17, 15) is 4.79 Å². The lowest BCUT2D eigenvalue weighted by molar-refractivity contribution is 0.0995. The second-order valence-corrected chi connectivity index (χ2v) is 4.37. The molecule has 90 valence electrons. The minimum Gasteiger partial charge on any atom is -0.444 e. The zero-order valence-electron chi connectivity index (χ0n) is 9.31. The van der Waals surface area contributed by atoms with Gasteiger partial charge >= 0.3 is 0 Å². The van der Waals surface area contributed by atoms with E-state index in [2.05, 4.69) is 27.3 Å². The summed E-state index contributed by atoms with van der Waals surface area (Å²) in [5.74, 6) is -0.0725. The molecule has 0 aliphatic carbocycles. The molecule has 2 aromatic rings. The molecule has 0 bridgehead atoms. The summed E-state index contributed by atoms with van der Waals surface area (Å²) in [4.78, 5) is 11.8. The first kappa shape index (κ1) is 12.4. The van der Waals surface area contributed by atoms with Crippen LogP contribution in [0.25, 0.3) is 0 Å². The molecule has 1 aromatic carbocycles. The number of rotatable bonds is 3. The average Bonchev–Trinajstić information content (AvgIpc) is 2.79. The Hall–Kier alpha value is -2.06. The van der Waals surface area contributed by atoms with E-state index in [1.54, 1.807) is 36.4 Å². The van der Waals surface area contributed by atoms with E-state index in [1.165, 1.54) is 0 Å². The minimum atomic E-state index is -0.311. The van der Waals surface area contributed by atoms with Crippen LogP contribution in [0.15, 0.2) is 45.5 Å². The number of anilines is 1. The molecule has 2 rings (SSSR count). The van der Waals surface area contributed by atoms with E-state index in [-0.39, 0.29) is 11.7 Å². The van der Waals surface area contributed by atoms with Crippen molar-refractivity contribution < 1.29 is 9.21 Å². The zero-order valence-corrected chi connectivity index (χ0v) is 10.9. The van der Waals surface area contributed by atoms with Crippen molar-refractivity contribution in [3.05, 3.63) is 52.4 Å². The molecule has 5 heteroatoms. The van der Waals surface area contributed by atoms with Crippen LogP contribution in [0.5, 0.6) is 0 Å². The molecule has 4 nitrogen and oxygen atoms in total. The summed E-state index contributed by atoms with van der Waals surface area (Å²) in [7, 11) is 0. The quantitative estimate of drug-likeness (QED) is 0.945. The number of nitrogens with one attached hydrogen (secondary N) is 1. The summed E-state index contributed by atoms with van der Waals surface area (Å²) in [6, 6.07) is 12.4. The number of nitriles is 1. The van der Waals surface area contributed by atoms with Crippen molar-refractivity contribution in [3.8, 4) is 6.07 Å². The van der Waals surface area contributed by atoms with E-state index < -0.39 is 0 Å². The SMILES string of the molecule is N#CCc1ccc(NC(=O)c2ccc(Br)o2)cc1. The van der Waals surface area contributed by atoms with Crippen molar-refractivity contribution in [3.63, 3.8) is 0 Å². The zero-order chi connectivity index (χ0) is 13.0. The summed E-state index contributed by atoms with van der Waals surface area (Å²) >= 11 is 3.14. The van der Waals surface area contributed by atoms with Gasteiger partial charge in [-0.25, -0.2) is 0 Å². The van der Waals surface area contributed by atoms with Gasteiger partial charge in [-0.1, -0.05) is 12.1 Å². The maximum absolute atomic E-state index is 11.8. The number of hydrogen-bond acceptors (Lipinski definition) is 3. The summed E-state index contributed by atoms with van der Waals surface area (Å²) < 4.78 is 5.65. The maximum atomic E-state index is 11.8. The Morgan fingerprint density at radius 2 is 2.00 bits per heavy atom. The van der Waals surface area contributed by atoms with Crippen LogP contribution >= 0.6 is 15.9 Å². The first-order chi connectivity index (χ1) is 8.69. The molecule has 0 atom stereocenters. The van der Waals surface area contributed by atoms with Gasteiger partial charge in [-0.2, -0.15) is 5.26 Å². The van der Waals surface area contributed by atoms with Crippen molar-refractivity contribution in [2.75, 3.05) is 5.32 Å². The first-order valence-electron chi connectivity index (χ1n) is 5.21. The third kappa shape index (κ3) is 2.99. The summed E-state index contributed by atoms with van der Waals surface area (Å²) in [5.41, 5.74) is 1.57. The number of amides is 1. The molecule has 0 saturated heterocycles. The average molecular weight is 305 g/mol. The highest BCUT2D eigenvalue weighted by Crippen LogP contribution is 2.16. The highest BCUT2D eigenvalue weighted by atomic mass is 79.9. The highest BCUT2D eigenvalue weighted by Gasteiger charge is 2.10. The summed E-state index contributed by atoms with van der Waals surface area (Å²) in [6.07, 6.45) is 0.360. The summed E-state index contributed by atoms with van der Waals surface area (Å²) in [6.45, 7) is 0. The lowest BCUT2D eigenvalue weighted by atomic mass is 10.1. The molecule has 0 fully saturated rings. The van der Waals surface area contributed by atoms with E-state index in [4.69, 9.17) is 9.68 Å². The Kier molecular flexibility index (Phi) is 3.80. The fourth-order valence-electron chi connectivity index (χ4n) is 1.43. The number of carbonyl (C=O) groups is 1. The van der Waals surface area contributed by atoms with E-state index in [1.807, 2.05) is 0 Å². The predicted octanol–water partition coefficient (Wildman–Crippen LogP) is 3.36. The molecule has 1 N–H and O–H groups in total. The highest BCUT2D eigenvalue weighted by molar-refractivity contribution is 9.10.